The van der Waals surface area contributed by atoms with Crippen LogP contribution < -0.4 is 15.4 Å². The highest BCUT2D eigenvalue weighted by atomic mass is 32.2. The normalized spacial score (nSPS) is 11.4. The number of methoxy groups -OCH3 is 1. The molecule has 1 heterocycles. The first-order valence-electron chi connectivity index (χ1n) is 12.3. The maximum absolute atomic E-state index is 13.5. The Balaban J connectivity index is 1.28. The second-order valence-corrected chi connectivity index (χ2v) is 10.7. The predicted octanol–water partition coefficient (Wildman–Crippen LogP) is 7.68. The monoisotopic (exact) mass is 569 g/mol. The molecule has 0 aliphatic heterocycles. The Kier molecular flexibility index (Phi) is 8.53. The molecule has 4 aromatic carbocycles. The van der Waals surface area contributed by atoms with Crippen molar-refractivity contribution in [1.82, 2.24) is 4.98 Å². The molecule has 0 aliphatic rings. The van der Waals surface area contributed by atoms with Gasteiger partial charge in [-0.1, -0.05) is 30.3 Å². The summed E-state index contributed by atoms with van der Waals surface area (Å²) in [6.45, 7) is 0. The van der Waals surface area contributed by atoms with Gasteiger partial charge in [0.2, 0.25) is 5.91 Å². The smallest absolute Gasteiger partial charge is 0.255 e. The van der Waals surface area contributed by atoms with Crippen LogP contribution in [0.5, 0.6) is 5.75 Å². The zero-order valence-electron chi connectivity index (χ0n) is 21.3. The maximum atomic E-state index is 13.5. The van der Waals surface area contributed by atoms with Crippen LogP contribution in [0.2, 0.25) is 0 Å². The number of aromatic nitrogens is 1. The van der Waals surface area contributed by atoms with Gasteiger partial charge < -0.3 is 15.4 Å². The first-order chi connectivity index (χ1) is 19.5. The molecule has 200 valence electrons. The molecule has 0 spiro atoms. The van der Waals surface area contributed by atoms with Gasteiger partial charge in [-0.2, -0.15) is 0 Å². The van der Waals surface area contributed by atoms with Gasteiger partial charge in [-0.25, -0.2) is 9.37 Å². The van der Waals surface area contributed by atoms with Crippen molar-refractivity contribution >= 4 is 45.7 Å². The molecule has 0 bridgehead atoms. The van der Waals surface area contributed by atoms with Crippen LogP contribution in [0.15, 0.2) is 113 Å². The first-order valence-corrected chi connectivity index (χ1v) is 14.0. The van der Waals surface area contributed by atoms with E-state index < -0.39 is 11.1 Å². The van der Waals surface area contributed by atoms with Crippen LogP contribution >= 0.6 is 23.1 Å². The van der Waals surface area contributed by atoms with Gasteiger partial charge in [-0.3, -0.25) is 9.59 Å². The Labute approximate surface area is 239 Å². The van der Waals surface area contributed by atoms with Crippen LogP contribution in [-0.2, 0) is 4.79 Å². The third kappa shape index (κ3) is 6.74. The Morgan fingerprint density at radius 3 is 2.25 bits per heavy atom. The van der Waals surface area contributed by atoms with E-state index in [1.807, 2.05) is 72.1 Å². The largest absolute Gasteiger partial charge is 0.497 e. The standard InChI is InChI=1S/C31H24FN3O3S2/c1-38-25-15-9-20(10-16-25)27-19-39-31(34-27)35-30(37)28(21-5-3-2-4-6-21)40-26-17-13-24(14-18-26)33-29(36)22-7-11-23(32)12-8-22/h2-19,28H,1H3,(H,33,36)(H,34,35,37). The number of hydrogen-bond acceptors (Lipinski definition) is 6. The predicted molar refractivity (Wildman–Crippen MR) is 159 cm³/mol. The van der Waals surface area contributed by atoms with Crippen molar-refractivity contribution in [1.29, 1.82) is 0 Å². The van der Waals surface area contributed by atoms with Crippen LogP contribution in [0.3, 0.4) is 0 Å². The molecule has 1 unspecified atom stereocenters. The Hall–Kier alpha value is -4.47. The molecule has 0 saturated carbocycles. The summed E-state index contributed by atoms with van der Waals surface area (Å²) in [6, 6.07) is 29.7. The average Bonchev–Trinajstić information content (AvgIpc) is 3.46. The minimum Gasteiger partial charge on any atom is -0.497 e. The molecule has 5 rings (SSSR count). The Bertz CT molecular complexity index is 1590. The fourth-order valence-corrected chi connectivity index (χ4v) is 5.60. The third-order valence-corrected chi connectivity index (χ3v) is 7.96. The van der Waals surface area contributed by atoms with E-state index in [2.05, 4.69) is 15.6 Å². The molecular weight excluding hydrogens is 545 g/mol. The van der Waals surface area contributed by atoms with Crippen LogP contribution in [0.4, 0.5) is 15.2 Å². The van der Waals surface area contributed by atoms with Gasteiger partial charge in [-0.05, 0) is 78.4 Å². The summed E-state index contributed by atoms with van der Waals surface area (Å²) < 4.78 is 18.4. The van der Waals surface area contributed by atoms with Gasteiger partial charge in [-0.15, -0.1) is 23.1 Å². The molecular formula is C31H24FN3O3S2. The highest BCUT2D eigenvalue weighted by molar-refractivity contribution is 8.00. The molecule has 6 nitrogen and oxygen atoms in total. The van der Waals surface area contributed by atoms with E-state index in [0.29, 0.717) is 16.4 Å². The number of benzene rings is 4. The first kappa shape index (κ1) is 27.1. The van der Waals surface area contributed by atoms with Crippen molar-refractivity contribution in [2.75, 3.05) is 17.7 Å². The molecule has 2 N–H and O–H groups in total. The number of ether oxygens (including phenoxy) is 1. The molecule has 1 atom stereocenters. The van der Waals surface area contributed by atoms with E-state index in [1.165, 1.54) is 47.4 Å². The van der Waals surface area contributed by atoms with Crippen molar-refractivity contribution in [3.8, 4) is 17.0 Å². The molecule has 0 saturated heterocycles. The molecule has 5 aromatic rings. The van der Waals surface area contributed by atoms with Crippen LogP contribution in [0, 0.1) is 5.82 Å². The van der Waals surface area contributed by atoms with Crippen molar-refractivity contribution in [2.24, 2.45) is 0 Å². The summed E-state index contributed by atoms with van der Waals surface area (Å²) in [7, 11) is 1.62. The van der Waals surface area contributed by atoms with E-state index in [0.717, 1.165) is 27.5 Å². The summed E-state index contributed by atoms with van der Waals surface area (Å²) in [5, 5.41) is 7.66. The number of carbonyl (C=O) groups is 2. The number of nitrogens with zero attached hydrogens (tertiary/aromatic N) is 1. The van der Waals surface area contributed by atoms with Gasteiger partial charge in [0.15, 0.2) is 5.13 Å². The summed E-state index contributed by atoms with van der Waals surface area (Å²) in [4.78, 5) is 31.4. The average molecular weight is 570 g/mol. The number of thiazole rings is 1. The summed E-state index contributed by atoms with van der Waals surface area (Å²) in [6.07, 6.45) is 0. The molecule has 0 radical (unpaired) electrons. The second kappa shape index (κ2) is 12.6. The SMILES string of the molecule is COc1ccc(-c2csc(NC(=O)C(Sc3ccc(NC(=O)c4ccc(F)cc4)cc3)c3ccccc3)n2)cc1. The van der Waals surface area contributed by atoms with Gasteiger partial charge in [0, 0.05) is 27.1 Å². The number of nitrogens with one attached hydrogen (secondary N) is 2. The van der Waals surface area contributed by atoms with Crippen LogP contribution in [0.25, 0.3) is 11.3 Å². The number of carbonyl (C=O) groups excluding carboxylic acids is 2. The number of amides is 2. The van der Waals surface area contributed by atoms with E-state index in [-0.39, 0.29) is 11.8 Å². The maximum Gasteiger partial charge on any atom is 0.255 e. The molecule has 0 aliphatic carbocycles. The van der Waals surface area contributed by atoms with Gasteiger partial charge in [0.25, 0.3) is 5.91 Å². The number of anilines is 2. The molecule has 1 aromatic heterocycles. The quantitative estimate of drug-likeness (QED) is 0.178. The number of halogens is 1. The van der Waals surface area contributed by atoms with E-state index in [1.54, 1.807) is 19.2 Å². The minimum atomic E-state index is -0.533. The summed E-state index contributed by atoms with van der Waals surface area (Å²) >= 11 is 2.76. The lowest BCUT2D eigenvalue weighted by molar-refractivity contribution is -0.115. The topological polar surface area (TPSA) is 80.3 Å². The van der Waals surface area contributed by atoms with Crippen molar-refractivity contribution < 1.29 is 18.7 Å². The van der Waals surface area contributed by atoms with Crippen LogP contribution in [-0.4, -0.2) is 23.9 Å². The highest BCUT2D eigenvalue weighted by Crippen LogP contribution is 2.37. The second-order valence-electron chi connectivity index (χ2n) is 8.65. The molecule has 40 heavy (non-hydrogen) atoms. The van der Waals surface area contributed by atoms with Crippen molar-refractivity contribution in [3.05, 3.63) is 125 Å². The third-order valence-electron chi connectivity index (χ3n) is 5.93. The van der Waals surface area contributed by atoms with Gasteiger partial charge in [0.1, 0.15) is 16.8 Å². The highest BCUT2D eigenvalue weighted by Gasteiger charge is 2.23. The van der Waals surface area contributed by atoms with Crippen LogP contribution in [0.1, 0.15) is 21.2 Å². The van der Waals surface area contributed by atoms with E-state index in [4.69, 9.17) is 4.74 Å². The lowest BCUT2D eigenvalue weighted by Crippen LogP contribution is -2.19. The molecule has 9 heteroatoms. The lowest BCUT2D eigenvalue weighted by Gasteiger charge is -2.16. The minimum absolute atomic E-state index is 0.194. The number of hydrogen-bond donors (Lipinski definition) is 2. The fraction of sp³-hybridized carbons (Fsp3) is 0.0645. The number of thioether (sulfide) groups is 1. The van der Waals surface area contributed by atoms with Crippen molar-refractivity contribution in [2.45, 2.75) is 10.1 Å². The molecule has 2 amide bonds. The zero-order chi connectivity index (χ0) is 27.9. The number of rotatable bonds is 9. The van der Waals surface area contributed by atoms with E-state index >= 15 is 0 Å². The summed E-state index contributed by atoms with van der Waals surface area (Å²) in [5.41, 5.74) is 3.50. The summed E-state index contributed by atoms with van der Waals surface area (Å²) in [5.74, 6) is -0.166. The Morgan fingerprint density at radius 1 is 0.875 bits per heavy atom. The lowest BCUT2D eigenvalue weighted by atomic mass is 10.1. The van der Waals surface area contributed by atoms with Gasteiger partial charge in [0.05, 0.1) is 12.8 Å². The fourth-order valence-electron chi connectivity index (χ4n) is 3.85. The van der Waals surface area contributed by atoms with Gasteiger partial charge >= 0.3 is 0 Å². The molecule has 0 fully saturated rings. The zero-order valence-corrected chi connectivity index (χ0v) is 23.0. The Morgan fingerprint density at radius 2 is 1.57 bits per heavy atom. The van der Waals surface area contributed by atoms with Crippen molar-refractivity contribution in [3.63, 3.8) is 0 Å². The van der Waals surface area contributed by atoms with E-state index in [9.17, 15) is 14.0 Å².